The Balaban J connectivity index is 1.52. The fraction of sp³-hybridized carbons (Fsp3) is 0.200. The standard InChI is InChI=1S/C20H19N7/c21-10-6-11-26-15-17(20(25-26)16-7-2-1-3-8-16)13-22-14-19-24-23-18-9-4-5-12-27(18)19/h1-5,7-9,12,15,22H,6,11,13-14H2. The number of aryl methyl sites for hydroxylation is 1. The third-order valence-corrected chi connectivity index (χ3v) is 4.32. The summed E-state index contributed by atoms with van der Waals surface area (Å²) in [6, 6.07) is 18.1. The maximum absolute atomic E-state index is 8.84. The third-order valence-electron chi connectivity index (χ3n) is 4.32. The molecule has 134 valence electrons. The maximum Gasteiger partial charge on any atom is 0.160 e. The van der Waals surface area contributed by atoms with Crippen LogP contribution in [0.4, 0.5) is 0 Å². The predicted octanol–water partition coefficient (Wildman–Crippen LogP) is 2.80. The van der Waals surface area contributed by atoms with Crippen LogP contribution < -0.4 is 5.32 Å². The van der Waals surface area contributed by atoms with Crippen molar-refractivity contribution >= 4 is 5.65 Å². The minimum absolute atomic E-state index is 0.439. The van der Waals surface area contributed by atoms with Gasteiger partial charge in [0.2, 0.25) is 0 Å². The average Bonchev–Trinajstić information content (AvgIpc) is 3.32. The highest BCUT2D eigenvalue weighted by atomic mass is 15.3. The molecular weight excluding hydrogens is 338 g/mol. The molecule has 0 bridgehead atoms. The number of hydrogen-bond acceptors (Lipinski definition) is 5. The van der Waals surface area contributed by atoms with Gasteiger partial charge < -0.3 is 5.32 Å². The fourth-order valence-electron chi connectivity index (χ4n) is 3.03. The number of fused-ring (bicyclic) bond motifs is 1. The Labute approximate surface area is 156 Å². The second-order valence-electron chi connectivity index (χ2n) is 6.19. The van der Waals surface area contributed by atoms with Crippen LogP contribution in [0, 0.1) is 11.3 Å². The van der Waals surface area contributed by atoms with Gasteiger partial charge in [0.25, 0.3) is 0 Å². The first kappa shape index (κ1) is 16.9. The van der Waals surface area contributed by atoms with E-state index in [-0.39, 0.29) is 0 Å². The van der Waals surface area contributed by atoms with E-state index in [1.807, 2.05) is 70.0 Å². The van der Waals surface area contributed by atoms with E-state index in [1.165, 1.54) is 0 Å². The van der Waals surface area contributed by atoms with Gasteiger partial charge in [-0.1, -0.05) is 36.4 Å². The molecule has 1 aromatic carbocycles. The van der Waals surface area contributed by atoms with Gasteiger partial charge in [0.1, 0.15) is 0 Å². The molecule has 4 rings (SSSR count). The van der Waals surface area contributed by atoms with E-state index >= 15 is 0 Å². The smallest absolute Gasteiger partial charge is 0.160 e. The summed E-state index contributed by atoms with van der Waals surface area (Å²) in [6.45, 7) is 1.84. The van der Waals surface area contributed by atoms with E-state index in [0.717, 1.165) is 28.3 Å². The first-order chi connectivity index (χ1) is 13.3. The van der Waals surface area contributed by atoms with E-state index in [4.69, 9.17) is 5.26 Å². The van der Waals surface area contributed by atoms with Crippen molar-refractivity contribution in [1.82, 2.24) is 29.7 Å². The first-order valence-electron chi connectivity index (χ1n) is 8.83. The van der Waals surface area contributed by atoms with Crippen molar-refractivity contribution in [3.05, 3.63) is 72.3 Å². The second kappa shape index (κ2) is 7.81. The van der Waals surface area contributed by atoms with Crippen molar-refractivity contribution in [2.45, 2.75) is 26.1 Å². The summed E-state index contributed by atoms with van der Waals surface area (Å²) >= 11 is 0. The molecule has 0 fully saturated rings. The minimum atomic E-state index is 0.439. The van der Waals surface area contributed by atoms with Crippen LogP contribution in [0.2, 0.25) is 0 Å². The van der Waals surface area contributed by atoms with Gasteiger partial charge in [-0.2, -0.15) is 10.4 Å². The third kappa shape index (κ3) is 3.71. The number of rotatable bonds is 7. The number of nitriles is 1. The van der Waals surface area contributed by atoms with Crippen LogP contribution in [0.3, 0.4) is 0 Å². The van der Waals surface area contributed by atoms with Crippen LogP contribution in [0.1, 0.15) is 17.8 Å². The molecule has 0 radical (unpaired) electrons. The summed E-state index contributed by atoms with van der Waals surface area (Å²) in [4.78, 5) is 0. The van der Waals surface area contributed by atoms with Gasteiger partial charge in [0.05, 0.1) is 31.3 Å². The molecule has 7 nitrogen and oxygen atoms in total. The van der Waals surface area contributed by atoms with Crippen molar-refractivity contribution < 1.29 is 0 Å². The Kier molecular flexibility index (Phi) is 4.90. The molecule has 3 aromatic heterocycles. The van der Waals surface area contributed by atoms with E-state index in [9.17, 15) is 0 Å². The zero-order valence-corrected chi connectivity index (χ0v) is 14.8. The number of nitrogens with one attached hydrogen (secondary N) is 1. The number of nitrogens with zero attached hydrogens (tertiary/aromatic N) is 6. The molecule has 0 spiro atoms. The van der Waals surface area contributed by atoms with E-state index < -0.39 is 0 Å². The molecule has 0 amide bonds. The van der Waals surface area contributed by atoms with Crippen LogP contribution in [0.25, 0.3) is 16.9 Å². The summed E-state index contributed by atoms with van der Waals surface area (Å²) in [7, 11) is 0. The number of benzene rings is 1. The molecule has 0 aliphatic rings. The second-order valence-corrected chi connectivity index (χ2v) is 6.19. The molecule has 0 aliphatic heterocycles. The Hall–Kier alpha value is -3.50. The molecule has 7 heteroatoms. The van der Waals surface area contributed by atoms with Crippen LogP contribution in [-0.2, 0) is 19.6 Å². The van der Waals surface area contributed by atoms with Gasteiger partial charge >= 0.3 is 0 Å². The van der Waals surface area contributed by atoms with Crippen LogP contribution in [0.5, 0.6) is 0 Å². The first-order valence-corrected chi connectivity index (χ1v) is 8.83. The van der Waals surface area contributed by atoms with Gasteiger partial charge in [-0.3, -0.25) is 9.08 Å². The molecule has 3 heterocycles. The predicted molar refractivity (Wildman–Crippen MR) is 101 cm³/mol. The lowest BCUT2D eigenvalue weighted by atomic mass is 10.1. The summed E-state index contributed by atoms with van der Waals surface area (Å²) < 4.78 is 3.82. The lowest BCUT2D eigenvalue weighted by Gasteiger charge is -2.04. The van der Waals surface area contributed by atoms with Crippen LogP contribution in [0.15, 0.2) is 60.9 Å². The molecule has 0 saturated heterocycles. The highest BCUT2D eigenvalue weighted by Gasteiger charge is 2.12. The molecule has 0 atom stereocenters. The Morgan fingerprint density at radius 3 is 2.70 bits per heavy atom. The molecule has 0 aliphatic carbocycles. The Bertz CT molecular complexity index is 1070. The summed E-state index contributed by atoms with van der Waals surface area (Å²) in [5.41, 5.74) is 3.93. The summed E-state index contributed by atoms with van der Waals surface area (Å²) in [6.07, 6.45) is 4.41. The summed E-state index contributed by atoms with van der Waals surface area (Å²) in [5, 5.41) is 25.4. The monoisotopic (exact) mass is 357 g/mol. The topological polar surface area (TPSA) is 83.8 Å². The van der Waals surface area contributed by atoms with Crippen molar-refractivity contribution in [3.8, 4) is 17.3 Å². The summed E-state index contributed by atoms with van der Waals surface area (Å²) in [5.74, 6) is 0.865. The normalized spacial score (nSPS) is 10.9. The number of hydrogen-bond donors (Lipinski definition) is 1. The number of aromatic nitrogens is 5. The molecule has 0 unspecified atom stereocenters. The van der Waals surface area contributed by atoms with Crippen molar-refractivity contribution in [3.63, 3.8) is 0 Å². The zero-order chi connectivity index (χ0) is 18.5. The minimum Gasteiger partial charge on any atom is -0.306 e. The van der Waals surface area contributed by atoms with Crippen molar-refractivity contribution in [2.75, 3.05) is 0 Å². The molecule has 1 N–H and O–H groups in total. The molecular formula is C20H19N7. The largest absolute Gasteiger partial charge is 0.306 e. The highest BCUT2D eigenvalue weighted by molar-refractivity contribution is 5.62. The van der Waals surface area contributed by atoms with Crippen LogP contribution >= 0.6 is 0 Å². The lowest BCUT2D eigenvalue weighted by Crippen LogP contribution is -2.15. The van der Waals surface area contributed by atoms with Gasteiger partial charge in [0.15, 0.2) is 11.5 Å². The van der Waals surface area contributed by atoms with Crippen LogP contribution in [-0.4, -0.2) is 24.4 Å². The quantitative estimate of drug-likeness (QED) is 0.550. The van der Waals surface area contributed by atoms with Gasteiger partial charge in [-0.15, -0.1) is 10.2 Å². The molecule has 0 saturated carbocycles. The molecule has 4 aromatic rings. The zero-order valence-electron chi connectivity index (χ0n) is 14.8. The van der Waals surface area contributed by atoms with E-state index in [0.29, 0.717) is 26.1 Å². The Morgan fingerprint density at radius 2 is 1.85 bits per heavy atom. The van der Waals surface area contributed by atoms with Gasteiger partial charge in [-0.25, -0.2) is 0 Å². The fourth-order valence-corrected chi connectivity index (χ4v) is 3.03. The maximum atomic E-state index is 8.84. The SMILES string of the molecule is N#CCCn1cc(CNCc2nnc3ccccn23)c(-c2ccccc2)n1. The highest BCUT2D eigenvalue weighted by Crippen LogP contribution is 2.22. The van der Waals surface area contributed by atoms with E-state index in [2.05, 4.69) is 26.7 Å². The van der Waals surface area contributed by atoms with E-state index in [1.54, 1.807) is 0 Å². The van der Waals surface area contributed by atoms with Gasteiger partial charge in [0, 0.05) is 30.1 Å². The average molecular weight is 357 g/mol. The Morgan fingerprint density at radius 1 is 1.00 bits per heavy atom. The lowest BCUT2D eigenvalue weighted by molar-refractivity contribution is 0.625. The van der Waals surface area contributed by atoms with Crippen molar-refractivity contribution in [2.24, 2.45) is 0 Å². The number of pyridine rings is 1. The van der Waals surface area contributed by atoms with Crippen molar-refractivity contribution in [1.29, 1.82) is 5.26 Å². The van der Waals surface area contributed by atoms with Gasteiger partial charge in [-0.05, 0) is 12.1 Å². The molecule has 27 heavy (non-hydrogen) atoms.